The molecule has 1 aliphatic heterocycles. The second-order valence-electron chi connectivity index (χ2n) is 1.44. The quantitative estimate of drug-likeness (QED) is 0.479. The van der Waals surface area contributed by atoms with E-state index in [-0.39, 0.29) is 6.10 Å². The third kappa shape index (κ3) is 0.933. The summed E-state index contributed by atoms with van der Waals surface area (Å²) in [4.78, 5) is 0. The molecule has 1 unspecified atom stereocenters. The molecule has 0 saturated heterocycles. The molecule has 40 valence electrons. The van der Waals surface area contributed by atoms with Crippen molar-refractivity contribution in [2.24, 2.45) is 0 Å². The number of hydrogen-bond donors (Lipinski definition) is 0. The molecular weight excluding hydrogens is 92.1 g/mol. The molecular formula is C5H8O2. The second kappa shape index (κ2) is 1.98. The van der Waals surface area contributed by atoms with Gasteiger partial charge >= 0.3 is 0 Å². The highest BCUT2D eigenvalue weighted by Gasteiger charge is 2.05. The molecule has 0 radical (unpaired) electrons. The predicted octanol–water partition coefficient (Wildman–Crippen LogP) is 0.545. The molecule has 0 aromatic carbocycles. The van der Waals surface area contributed by atoms with E-state index in [2.05, 4.69) is 0 Å². The summed E-state index contributed by atoms with van der Waals surface area (Å²) in [6, 6.07) is 0. The number of ether oxygens (including phenoxy) is 2. The van der Waals surface area contributed by atoms with Gasteiger partial charge in [-0.15, -0.1) is 0 Å². The van der Waals surface area contributed by atoms with Crippen LogP contribution < -0.4 is 0 Å². The van der Waals surface area contributed by atoms with Gasteiger partial charge < -0.3 is 9.47 Å². The van der Waals surface area contributed by atoms with Crippen LogP contribution in [0.25, 0.3) is 0 Å². The molecule has 1 aliphatic rings. The molecule has 0 aromatic rings. The zero-order chi connectivity index (χ0) is 5.11. The second-order valence-corrected chi connectivity index (χ2v) is 1.44. The van der Waals surface area contributed by atoms with E-state index in [1.807, 2.05) is 6.08 Å². The summed E-state index contributed by atoms with van der Waals surface area (Å²) >= 11 is 0. The van der Waals surface area contributed by atoms with Gasteiger partial charge in [0, 0.05) is 7.11 Å². The van der Waals surface area contributed by atoms with Crippen molar-refractivity contribution >= 4 is 0 Å². The molecule has 0 fully saturated rings. The zero-order valence-electron chi connectivity index (χ0n) is 4.26. The Morgan fingerprint density at radius 3 is 3.00 bits per heavy atom. The molecule has 0 N–H and O–H groups in total. The van der Waals surface area contributed by atoms with Crippen LogP contribution in [0.1, 0.15) is 0 Å². The fourth-order valence-electron chi connectivity index (χ4n) is 0.496. The van der Waals surface area contributed by atoms with E-state index < -0.39 is 0 Å². The summed E-state index contributed by atoms with van der Waals surface area (Å²) in [5, 5.41) is 0. The molecule has 2 heteroatoms. The van der Waals surface area contributed by atoms with Gasteiger partial charge in [0.1, 0.15) is 12.7 Å². The number of methoxy groups -OCH3 is 1. The molecule has 1 heterocycles. The Morgan fingerprint density at radius 1 is 1.86 bits per heavy atom. The third-order valence-corrected chi connectivity index (χ3v) is 0.953. The van der Waals surface area contributed by atoms with E-state index in [0.717, 1.165) is 0 Å². The van der Waals surface area contributed by atoms with Gasteiger partial charge in [0.25, 0.3) is 0 Å². The van der Waals surface area contributed by atoms with Crippen LogP contribution in [0, 0.1) is 0 Å². The molecule has 0 aliphatic carbocycles. The maximum atomic E-state index is 4.90. The molecule has 1 rings (SSSR count). The minimum atomic E-state index is 0.194. The highest BCUT2D eigenvalue weighted by atomic mass is 16.5. The Hall–Kier alpha value is -0.500. The largest absolute Gasteiger partial charge is 0.498 e. The first-order chi connectivity index (χ1) is 3.43. The number of hydrogen-bond acceptors (Lipinski definition) is 2. The molecule has 0 aromatic heterocycles. The van der Waals surface area contributed by atoms with Crippen molar-refractivity contribution < 1.29 is 9.47 Å². The lowest BCUT2D eigenvalue weighted by molar-refractivity contribution is 0.0968. The molecule has 2 nitrogen and oxygen atoms in total. The topological polar surface area (TPSA) is 18.5 Å². The zero-order valence-corrected chi connectivity index (χ0v) is 4.26. The Bertz CT molecular complexity index is 78.1. The normalized spacial score (nSPS) is 27.9. The average molecular weight is 100 g/mol. The average Bonchev–Trinajstić information content (AvgIpc) is 2.14. The minimum Gasteiger partial charge on any atom is -0.498 e. The molecule has 7 heavy (non-hydrogen) atoms. The van der Waals surface area contributed by atoms with Crippen molar-refractivity contribution in [2.75, 3.05) is 13.7 Å². The maximum Gasteiger partial charge on any atom is 0.117 e. The van der Waals surface area contributed by atoms with Crippen LogP contribution in [0.15, 0.2) is 12.3 Å². The van der Waals surface area contributed by atoms with Crippen molar-refractivity contribution in [1.82, 2.24) is 0 Å². The van der Waals surface area contributed by atoms with Gasteiger partial charge in [-0.25, -0.2) is 0 Å². The first-order valence-corrected chi connectivity index (χ1v) is 2.24. The first-order valence-electron chi connectivity index (χ1n) is 2.24. The van der Waals surface area contributed by atoms with Gasteiger partial charge in [0.15, 0.2) is 0 Å². The fourth-order valence-corrected chi connectivity index (χ4v) is 0.496. The predicted molar refractivity (Wildman–Crippen MR) is 25.9 cm³/mol. The summed E-state index contributed by atoms with van der Waals surface area (Å²) in [6.45, 7) is 0.677. The van der Waals surface area contributed by atoms with E-state index in [1.54, 1.807) is 13.4 Å². The van der Waals surface area contributed by atoms with Gasteiger partial charge in [-0.3, -0.25) is 0 Å². The third-order valence-electron chi connectivity index (χ3n) is 0.953. The van der Waals surface area contributed by atoms with Crippen molar-refractivity contribution in [2.45, 2.75) is 6.10 Å². The van der Waals surface area contributed by atoms with E-state index in [1.165, 1.54) is 0 Å². The minimum absolute atomic E-state index is 0.194. The monoisotopic (exact) mass is 100 g/mol. The summed E-state index contributed by atoms with van der Waals surface area (Å²) in [7, 11) is 1.67. The van der Waals surface area contributed by atoms with Crippen LogP contribution in [0.2, 0.25) is 0 Å². The van der Waals surface area contributed by atoms with Gasteiger partial charge in [-0.2, -0.15) is 0 Å². The van der Waals surface area contributed by atoms with Crippen LogP contribution in [-0.4, -0.2) is 19.8 Å². The lowest BCUT2D eigenvalue weighted by Crippen LogP contribution is -2.07. The molecule has 0 bridgehead atoms. The fraction of sp³-hybridized carbons (Fsp3) is 0.600. The van der Waals surface area contributed by atoms with Gasteiger partial charge in [0.2, 0.25) is 0 Å². The highest BCUT2D eigenvalue weighted by molar-refractivity contribution is 4.89. The summed E-state index contributed by atoms with van der Waals surface area (Å²) in [6.07, 6.45) is 3.74. The van der Waals surface area contributed by atoms with Crippen LogP contribution in [0.3, 0.4) is 0 Å². The van der Waals surface area contributed by atoms with E-state index >= 15 is 0 Å². The number of rotatable bonds is 1. The van der Waals surface area contributed by atoms with Gasteiger partial charge in [0.05, 0.1) is 6.26 Å². The summed E-state index contributed by atoms with van der Waals surface area (Å²) in [5.41, 5.74) is 0. The van der Waals surface area contributed by atoms with Crippen molar-refractivity contribution in [3.05, 3.63) is 12.3 Å². The molecule has 0 spiro atoms. The lowest BCUT2D eigenvalue weighted by Gasteiger charge is -1.99. The van der Waals surface area contributed by atoms with Crippen molar-refractivity contribution in [3.63, 3.8) is 0 Å². The van der Waals surface area contributed by atoms with E-state index in [4.69, 9.17) is 9.47 Å². The Morgan fingerprint density at radius 2 is 2.71 bits per heavy atom. The van der Waals surface area contributed by atoms with Crippen molar-refractivity contribution in [1.29, 1.82) is 0 Å². The SMILES string of the molecule is COC1C=COC1. The lowest BCUT2D eigenvalue weighted by atomic mass is 10.4. The van der Waals surface area contributed by atoms with E-state index in [9.17, 15) is 0 Å². The maximum absolute atomic E-state index is 4.90. The van der Waals surface area contributed by atoms with Gasteiger partial charge in [-0.05, 0) is 6.08 Å². The highest BCUT2D eigenvalue weighted by Crippen LogP contribution is 2.00. The smallest absolute Gasteiger partial charge is 0.117 e. The summed E-state index contributed by atoms with van der Waals surface area (Å²) in [5.74, 6) is 0. The molecule has 0 saturated carbocycles. The molecule has 1 atom stereocenters. The van der Waals surface area contributed by atoms with Crippen LogP contribution >= 0.6 is 0 Å². The van der Waals surface area contributed by atoms with Crippen LogP contribution in [-0.2, 0) is 9.47 Å². The summed E-state index contributed by atoms with van der Waals surface area (Å²) < 4.78 is 9.74. The molecule has 0 amide bonds. The van der Waals surface area contributed by atoms with Crippen molar-refractivity contribution in [3.8, 4) is 0 Å². The van der Waals surface area contributed by atoms with E-state index in [0.29, 0.717) is 6.61 Å². The van der Waals surface area contributed by atoms with Crippen LogP contribution in [0.4, 0.5) is 0 Å². The first kappa shape index (κ1) is 4.65. The van der Waals surface area contributed by atoms with Gasteiger partial charge in [-0.1, -0.05) is 0 Å². The van der Waals surface area contributed by atoms with Crippen LogP contribution in [0.5, 0.6) is 0 Å². The standard InChI is InChI=1S/C5H8O2/c1-6-5-2-3-7-4-5/h2-3,5H,4H2,1H3. The Balaban J connectivity index is 2.28. The Labute approximate surface area is 42.7 Å². The Kier molecular flexibility index (Phi) is 1.32.